The lowest BCUT2D eigenvalue weighted by Gasteiger charge is -1.65. The molecule has 0 saturated heterocycles. The van der Waals surface area contributed by atoms with Gasteiger partial charge in [0.15, 0.2) is 0 Å². The first kappa shape index (κ1) is 22.9. The lowest BCUT2D eigenvalue weighted by molar-refractivity contribution is 1.50. The van der Waals surface area contributed by atoms with E-state index in [1.54, 1.807) is 13.0 Å². The third kappa shape index (κ3) is 150. The quantitative estimate of drug-likeness (QED) is 0.336. The minimum absolute atomic E-state index is 1.65. The van der Waals surface area contributed by atoms with Gasteiger partial charge in [-0.3, -0.25) is 0 Å². The predicted molar refractivity (Wildman–Crippen MR) is 71.3 cm³/mol. The number of hydrogen-bond acceptors (Lipinski definition) is 0. The van der Waals surface area contributed by atoms with Crippen molar-refractivity contribution in [2.24, 2.45) is 0 Å². The van der Waals surface area contributed by atoms with Crippen LogP contribution >= 0.6 is 0 Å². The van der Waals surface area contributed by atoms with Crippen LogP contribution in [-0.2, 0) is 0 Å². The van der Waals surface area contributed by atoms with Crippen LogP contribution in [0, 0.1) is 12.3 Å². The molecule has 0 rings (SSSR count). The van der Waals surface area contributed by atoms with E-state index in [1.165, 1.54) is 0 Å². The largest absolute Gasteiger partial charge is 0.120 e. The molecule has 0 heteroatoms. The minimum atomic E-state index is 1.65. The Kier molecular flexibility index (Phi) is 102. The lowest BCUT2D eigenvalue weighted by atomic mass is 10.4. The fraction of sp³-hybridized carbons (Fsp3) is 0.286. The third-order valence-corrected chi connectivity index (χ3v) is 0.551. The first-order valence-electron chi connectivity index (χ1n) is 4.61. The van der Waals surface area contributed by atoms with E-state index in [-0.39, 0.29) is 0 Å². The number of rotatable bonds is 2. The van der Waals surface area contributed by atoms with Crippen LogP contribution in [0.25, 0.3) is 0 Å². The van der Waals surface area contributed by atoms with Gasteiger partial charge in [0.2, 0.25) is 0 Å². The summed E-state index contributed by atoms with van der Waals surface area (Å²) < 4.78 is 0. The molecule has 0 fully saturated rings. The van der Waals surface area contributed by atoms with E-state index in [9.17, 15) is 0 Å². The zero-order valence-electron chi connectivity index (χ0n) is 10.1. The van der Waals surface area contributed by atoms with Crippen LogP contribution in [0.3, 0.4) is 0 Å². The van der Waals surface area contributed by atoms with E-state index in [0.717, 1.165) is 0 Å². The van der Waals surface area contributed by atoms with Crippen molar-refractivity contribution in [2.75, 3.05) is 0 Å². The fourth-order valence-corrected chi connectivity index (χ4v) is 0.254. The average molecular weight is 192 g/mol. The topological polar surface area (TPSA) is 0 Å². The molecule has 0 aliphatic carbocycles. The van der Waals surface area contributed by atoms with Crippen LogP contribution in [0.2, 0.25) is 0 Å². The molecular formula is C14H24. The lowest BCUT2D eigenvalue weighted by Crippen LogP contribution is -1.43. The van der Waals surface area contributed by atoms with Crippen molar-refractivity contribution < 1.29 is 0 Å². The second kappa shape index (κ2) is 62.4. The minimum Gasteiger partial charge on any atom is -0.120 e. The van der Waals surface area contributed by atoms with Gasteiger partial charge in [0.1, 0.15) is 0 Å². The highest BCUT2D eigenvalue weighted by molar-refractivity contribution is 5.07. The van der Waals surface area contributed by atoms with E-state index >= 15 is 0 Å². The second-order valence-electron chi connectivity index (χ2n) is 1.44. The van der Waals surface area contributed by atoms with Crippen LogP contribution in [-0.4, -0.2) is 0 Å². The molecule has 0 amide bonds. The standard InChI is InChI=1S/C7H10.C3H4.C2H6.C2H4/c1-3-5-7-6-4-2;1-3-2;2*1-2/h3-7H,1H2,2H3;1H,2H3;1-2H3;1-2H2/b6-4-,7-5-;;;. The molecule has 0 aromatic rings. The fourth-order valence-electron chi connectivity index (χ4n) is 0.254. The molecule has 14 heavy (non-hydrogen) atoms. The Bertz CT molecular complexity index is 153. The van der Waals surface area contributed by atoms with Gasteiger partial charge >= 0.3 is 0 Å². The van der Waals surface area contributed by atoms with Crippen molar-refractivity contribution >= 4 is 0 Å². The molecule has 0 saturated carbocycles. The summed E-state index contributed by atoms with van der Waals surface area (Å²) in [6.07, 6.45) is 14.1. The van der Waals surface area contributed by atoms with E-state index < -0.39 is 0 Å². The monoisotopic (exact) mass is 192 g/mol. The van der Waals surface area contributed by atoms with Gasteiger partial charge in [-0.1, -0.05) is 50.8 Å². The molecule has 0 aliphatic rings. The Morgan fingerprint density at radius 3 is 1.64 bits per heavy atom. The zero-order chi connectivity index (χ0) is 12.2. The maximum atomic E-state index is 4.60. The summed E-state index contributed by atoms with van der Waals surface area (Å²) in [6.45, 7) is 17.1. The zero-order valence-corrected chi connectivity index (χ0v) is 10.1. The molecule has 0 aromatic carbocycles. The summed E-state index contributed by atoms with van der Waals surface area (Å²) in [5.74, 6) is 2.25. The van der Waals surface area contributed by atoms with Crippen LogP contribution in [0.1, 0.15) is 27.7 Å². The van der Waals surface area contributed by atoms with Crippen molar-refractivity contribution in [1.82, 2.24) is 0 Å². The Hall–Kier alpha value is -1.48. The van der Waals surface area contributed by atoms with Gasteiger partial charge in [-0.25, -0.2) is 0 Å². The highest BCUT2D eigenvalue weighted by atomic mass is 13.6. The van der Waals surface area contributed by atoms with Gasteiger partial charge < -0.3 is 0 Å². The maximum Gasteiger partial charge on any atom is -0.00297 e. The van der Waals surface area contributed by atoms with Gasteiger partial charge in [0, 0.05) is 0 Å². The van der Waals surface area contributed by atoms with Gasteiger partial charge in [0.25, 0.3) is 0 Å². The van der Waals surface area contributed by atoms with E-state index in [1.807, 2.05) is 45.1 Å². The molecule has 0 nitrogen and oxygen atoms in total. The normalized spacial score (nSPS) is 6.79. The van der Waals surface area contributed by atoms with Gasteiger partial charge in [0.05, 0.1) is 0 Å². The Morgan fingerprint density at radius 1 is 1.07 bits per heavy atom. The summed E-state index contributed by atoms with van der Waals surface area (Å²) in [6, 6.07) is 0. The van der Waals surface area contributed by atoms with Crippen molar-refractivity contribution in [3.8, 4) is 12.3 Å². The average Bonchev–Trinajstić information content (AvgIpc) is 2.26. The van der Waals surface area contributed by atoms with Crippen LogP contribution in [0.15, 0.2) is 50.1 Å². The molecule has 0 spiro atoms. The molecule has 0 bridgehead atoms. The molecule has 80 valence electrons. The van der Waals surface area contributed by atoms with E-state index in [0.29, 0.717) is 0 Å². The Balaban J connectivity index is -0.0000000603. The van der Waals surface area contributed by atoms with Gasteiger partial charge in [-0.15, -0.1) is 25.5 Å². The smallest absolute Gasteiger partial charge is 0.00297 e. The van der Waals surface area contributed by atoms with Gasteiger partial charge in [-0.05, 0) is 13.8 Å². The summed E-state index contributed by atoms with van der Waals surface area (Å²) in [5.41, 5.74) is 0. The van der Waals surface area contributed by atoms with E-state index in [2.05, 4.69) is 32.1 Å². The number of hydrogen-bond donors (Lipinski definition) is 0. The third-order valence-electron chi connectivity index (χ3n) is 0.551. The second-order valence-corrected chi connectivity index (χ2v) is 1.44. The number of terminal acetylenes is 1. The van der Waals surface area contributed by atoms with Crippen molar-refractivity contribution in [3.05, 3.63) is 50.1 Å². The molecule has 0 aromatic heterocycles. The molecular weight excluding hydrogens is 168 g/mol. The van der Waals surface area contributed by atoms with Gasteiger partial charge in [-0.2, -0.15) is 0 Å². The molecule has 0 heterocycles. The first-order valence-corrected chi connectivity index (χ1v) is 4.61. The summed E-state index contributed by atoms with van der Waals surface area (Å²) in [7, 11) is 0. The van der Waals surface area contributed by atoms with Crippen molar-refractivity contribution in [2.45, 2.75) is 27.7 Å². The Labute approximate surface area is 90.7 Å². The number of allylic oxidation sites excluding steroid dienone is 5. The maximum absolute atomic E-state index is 4.60. The van der Waals surface area contributed by atoms with Crippen molar-refractivity contribution in [3.63, 3.8) is 0 Å². The molecule has 0 atom stereocenters. The highest BCUT2D eigenvalue weighted by Crippen LogP contribution is 1.74. The summed E-state index contributed by atoms with van der Waals surface area (Å²) in [4.78, 5) is 0. The summed E-state index contributed by atoms with van der Waals surface area (Å²) in [5, 5.41) is 0. The molecule has 0 unspecified atom stereocenters. The van der Waals surface area contributed by atoms with Crippen LogP contribution in [0.4, 0.5) is 0 Å². The SMILES string of the molecule is C#CC.C=C.C=C/C=C\C=C/C.CC. The predicted octanol–water partition coefficient (Wildman–Crippen LogP) is 4.77. The Morgan fingerprint density at radius 2 is 1.43 bits per heavy atom. The van der Waals surface area contributed by atoms with Crippen LogP contribution in [0.5, 0.6) is 0 Å². The molecule has 0 radical (unpaired) electrons. The first-order chi connectivity index (χ1) is 6.83. The van der Waals surface area contributed by atoms with Crippen LogP contribution < -0.4 is 0 Å². The summed E-state index contributed by atoms with van der Waals surface area (Å²) >= 11 is 0. The molecule has 0 N–H and O–H groups in total. The van der Waals surface area contributed by atoms with E-state index in [4.69, 9.17) is 0 Å². The van der Waals surface area contributed by atoms with Crippen molar-refractivity contribution in [1.29, 1.82) is 0 Å². The highest BCUT2D eigenvalue weighted by Gasteiger charge is 1.52. The molecule has 0 aliphatic heterocycles.